The largest absolute Gasteiger partial charge is 0.490 e. The van der Waals surface area contributed by atoms with Crippen molar-refractivity contribution in [3.05, 3.63) is 28.0 Å². The average Bonchev–Trinajstić information content (AvgIpc) is 2.28. The van der Waals surface area contributed by atoms with E-state index in [0.717, 1.165) is 0 Å². The zero-order chi connectivity index (χ0) is 13.8. The summed E-state index contributed by atoms with van der Waals surface area (Å²) in [5.74, 6) is -0.968. The molecule has 0 unspecified atom stereocenters. The van der Waals surface area contributed by atoms with E-state index in [9.17, 15) is 17.6 Å². The summed E-state index contributed by atoms with van der Waals surface area (Å²) in [6.45, 7) is -0.241. The van der Waals surface area contributed by atoms with Gasteiger partial charge in [0.15, 0.2) is 11.6 Å². The van der Waals surface area contributed by atoms with Crippen LogP contribution in [-0.2, 0) is 0 Å². The molecule has 98 valence electrons. The Bertz CT molecular complexity index is 467. The first kappa shape index (κ1) is 14.8. The molecular weight excluding hydrogens is 318 g/mol. The molecule has 1 aromatic rings. The van der Waals surface area contributed by atoms with Crippen LogP contribution in [0.4, 0.5) is 17.6 Å². The predicted molar refractivity (Wildman–Crippen MR) is 59.6 cm³/mol. The lowest BCUT2D eigenvalue weighted by atomic mass is 10.2. The second-order valence-electron chi connectivity index (χ2n) is 3.42. The Balaban J connectivity index is 2.59. The lowest BCUT2D eigenvalue weighted by molar-refractivity contribution is -0.136. The first-order valence-electron chi connectivity index (χ1n) is 4.93. The molecular formula is C11H8BrF4NO. The van der Waals surface area contributed by atoms with Crippen molar-refractivity contribution < 1.29 is 22.3 Å². The maximum absolute atomic E-state index is 13.6. The fourth-order valence-electron chi connectivity index (χ4n) is 1.18. The molecule has 1 aromatic carbocycles. The predicted octanol–water partition coefficient (Wildman–Crippen LogP) is 4.18. The van der Waals surface area contributed by atoms with Crippen LogP contribution in [0.25, 0.3) is 0 Å². The van der Waals surface area contributed by atoms with Gasteiger partial charge in [-0.15, -0.1) is 0 Å². The van der Waals surface area contributed by atoms with Crippen LogP contribution in [0, 0.1) is 17.1 Å². The summed E-state index contributed by atoms with van der Waals surface area (Å²) in [6, 6.07) is 4.30. The Hall–Kier alpha value is -1.29. The summed E-state index contributed by atoms with van der Waals surface area (Å²) < 4.78 is 54.0. The van der Waals surface area contributed by atoms with Crippen LogP contribution in [-0.4, -0.2) is 12.8 Å². The molecule has 0 fully saturated rings. The van der Waals surface area contributed by atoms with Crippen molar-refractivity contribution in [1.29, 1.82) is 5.26 Å². The minimum atomic E-state index is -4.24. The molecule has 0 bridgehead atoms. The molecule has 0 saturated heterocycles. The first-order valence-corrected chi connectivity index (χ1v) is 5.72. The van der Waals surface area contributed by atoms with Gasteiger partial charge in [0.1, 0.15) is 6.07 Å². The molecule has 0 saturated carbocycles. The second kappa shape index (κ2) is 6.05. The Morgan fingerprint density at radius 3 is 2.56 bits per heavy atom. The zero-order valence-electron chi connectivity index (χ0n) is 9.02. The third-order valence-electron chi connectivity index (χ3n) is 2.03. The quantitative estimate of drug-likeness (QED) is 0.614. The number of nitrogens with zero attached hydrogens (tertiary/aromatic N) is 1. The number of hydrogen-bond acceptors (Lipinski definition) is 2. The summed E-state index contributed by atoms with van der Waals surface area (Å²) in [7, 11) is 0. The SMILES string of the molecule is N#Cc1ccc(OCCCC(F)(F)F)c(F)c1Br. The fraction of sp³-hybridized carbons (Fsp3) is 0.364. The van der Waals surface area contributed by atoms with Crippen LogP contribution in [0.5, 0.6) is 5.75 Å². The maximum atomic E-state index is 13.6. The Morgan fingerprint density at radius 1 is 1.33 bits per heavy atom. The van der Waals surface area contributed by atoms with E-state index in [1.807, 2.05) is 0 Å². The van der Waals surface area contributed by atoms with Gasteiger partial charge >= 0.3 is 6.18 Å². The number of benzene rings is 1. The van der Waals surface area contributed by atoms with Gasteiger partial charge in [-0.05, 0) is 34.5 Å². The number of hydrogen-bond donors (Lipinski definition) is 0. The van der Waals surface area contributed by atoms with E-state index >= 15 is 0 Å². The highest BCUT2D eigenvalue weighted by molar-refractivity contribution is 9.10. The Labute approximate surface area is 109 Å². The fourth-order valence-corrected chi connectivity index (χ4v) is 1.60. The molecule has 0 spiro atoms. The molecule has 0 radical (unpaired) electrons. The highest BCUT2D eigenvalue weighted by Crippen LogP contribution is 2.28. The van der Waals surface area contributed by atoms with E-state index in [0.29, 0.717) is 0 Å². The molecule has 0 atom stereocenters. The highest BCUT2D eigenvalue weighted by Gasteiger charge is 2.26. The lowest BCUT2D eigenvalue weighted by Gasteiger charge is -2.10. The lowest BCUT2D eigenvalue weighted by Crippen LogP contribution is -2.10. The van der Waals surface area contributed by atoms with Gasteiger partial charge in [-0.1, -0.05) is 0 Å². The normalized spacial score (nSPS) is 11.1. The van der Waals surface area contributed by atoms with Gasteiger partial charge in [-0.3, -0.25) is 0 Å². The van der Waals surface area contributed by atoms with Crippen LogP contribution in [0.2, 0.25) is 0 Å². The number of ether oxygens (including phenoxy) is 1. The van der Waals surface area contributed by atoms with E-state index in [1.54, 1.807) is 6.07 Å². The van der Waals surface area contributed by atoms with Gasteiger partial charge in [0, 0.05) is 6.42 Å². The molecule has 0 aliphatic rings. The molecule has 0 aromatic heterocycles. The van der Waals surface area contributed by atoms with E-state index in [4.69, 9.17) is 10.00 Å². The molecule has 2 nitrogen and oxygen atoms in total. The Morgan fingerprint density at radius 2 is 2.00 bits per heavy atom. The molecule has 1 rings (SSSR count). The zero-order valence-corrected chi connectivity index (χ0v) is 10.6. The number of rotatable bonds is 4. The second-order valence-corrected chi connectivity index (χ2v) is 4.21. The van der Waals surface area contributed by atoms with Gasteiger partial charge in [0.05, 0.1) is 16.6 Å². The van der Waals surface area contributed by atoms with Gasteiger partial charge < -0.3 is 4.74 Å². The third-order valence-corrected chi connectivity index (χ3v) is 2.80. The van der Waals surface area contributed by atoms with Crippen molar-refractivity contribution in [1.82, 2.24) is 0 Å². The molecule has 18 heavy (non-hydrogen) atoms. The minimum absolute atomic E-state index is 0.0571. The van der Waals surface area contributed by atoms with Crippen molar-refractivity contribution in [2.75, 3.05) is 6.61 Å². The molecule has 0 aliphatic carbocycles. The molecule has 7 heteroatoms. The minimum Gasteiger partial charge on any atom is -0.490 e. The third kappa shape index (κ3) is 4.18. The van der Waals surface area contributed by atoms with Crippen LogP contribution < -0.4 is 4.74 Å². The van der Waals surface area contributed by atoms with E-state index in [2.05, 4.69) is 15.9 Å². The average molecular weight is 326 g/mol. The van der Waals surface area contributed by atoms with Crippen molar-refractivity contribution in [3.8, 4) is 11.8 Å². The van der Waals surface area contributed by atoms with Crippen LogP contribution in [0.3, 0.4) is 0 Å². The standard InChI is InChI=1S/C11H8BrF4NO/c12-9-7(6-17)2-3-8(10(9)13)18-5-1-4-11(14,15)16/h2-3H,1,4-5H2. The van der Waals surface area contributed by atoms with Crippen molar-refractivity contribution in [2.24, 2.45) is 0 Å². The summed E-state index contributed by atoms with van der Waals surface area (Å²) >= 11 is 2.87. The van der Waals surface area contributed by atoms with Crippen LogP contribution in [0.1, 0.15) is 18.4 Å². The van der Waals surface area contributed by atoms with E-state index in [-0.39, 0.29) is 28.8 Å². The van der Waals surface area contributed by atoms with Crippen LogP contribution >= 0.6 is 15.9 Å². The highest BCUT2D eigenvalue weighted by atomic mass is 79.9. The summed E-state index contributed by atoms with van der Waals surface area (Å²) in [6.07, 6.45) is -5.47. The van der Waals surface area contributed by atoms with Crippen molar-refractivity contribution in [3.63, 3.8) is 0 Å². The van der Waals surface area contributed by atoms with E-state index < -0.39 is 18.4 Å². The summed E-state index contributed by atoms with van der Waals surface area (Å²) in [5.41, 5.74) is 0.0927. The number of nitriles is 1. The topological polar surface area (TPSA) is 33.0 Å². The van der Waals surface area contributed by atoms with Crippen LogP contribution in [0.15, 0.2) is 16.6 Å². The molecule has 0 amide bonds. The monoisotopic (exact) mass is 325 g/mol. The van der Waals surface area contributed by atoms with Gasteiger partial charge in [0.25, 0.3) is 0 Å². The summed E-state index contributed by atoms with van der Waals surface area (Å²) in [5, 5.41) is 8.62. The molecule has 0 N–H and O–H groups in total. The molecule has 0 heterocycles. The Kier molecular flexibility index (Phi) is 4.96. The van der Waals surface area contributed by atoms with Crippen molar-refractivity contribution in [2.45, 2.75) is 19.0 Å². The maximum Gasteiger partial charge on any atom is 0.389 e. The van der Waals surface area contributed by atoms with Gasteiger partial charge in [0.2, 0.25) is 0 Å². The summed E-state index contributed by atoms with van der Waals surface area (Å²) in [4.78, 5) is 0. The molecule has 0 aliphatic heterocycles. The van der Waals surface area contributed by atoms with Gasteiger partial charge in [-0.25, -0.2) is 4.39 Å². The number of alkyl halides is 3. The van der Waals surface area contributed by atoms with Crippen molar-refractivity contribution >= 4 is 15.9 Å². The first-order chi connectivity index (χ1) is 8.35. The van der Waals surface area contributed by atoms with E-state index in [1.165, 1.54) is 12.1 Å². The number of halogens is 5. The van der Waals surface area contributed by atoms with Gasteiger partial charge in [-0.2, -0.15) is 18.4 Å². The smallest absolute Gasteiger partial charge is 0.389 e.